The Morgan fingerprint density at radius 3 is 2.64 bits per heavy atom. The van der Waals surface area contributed by atoms with Crippen molar-refractivity contribution in [3.63, 3.8) is 0 Å². The molecule has 4 rings (SSSR count). The number of nitrogens with one attached hydrogen (secondary N) is 1. The van der Waals surface area contributed by atoms with Gasteiger partial charge in [0.25, 0.3) is 0 Å². The van der Waals surface area contributed by atoms with Crippen LogP contribution in [0.4, 0.5) is 24.7 Å². The molecule has 1 aromatic carbocycles. The lowest BCUT2D eigenvalue weighted by molar-refractivity contribution is -0.0328. The first-order valence-electron chi connectivity index (χ1n) is 7.48. The van der Waals surface area contributed by atoms with E-state index in [-0.39, 0.29) is 0 Å². The van der Waals surface area contributed by atoms with Crippen molar-refractivity contribution in [2.75, 3.05) is 4.90 Å². The molecular weight excluding hydrogens is 331 g/mol. The normalized spacial score (nSPS) is 16.8. The highest BCUT2D eigenvalue weighted by molar-refractivity contribution is 5.92. The first-order valence-corrected chi connectivity index (χ1v) is 7.48. The third kappa shape index (κ3) is 2.55. The Kier molecular flexibility index (Phi) is 3.52. The van der Waals surface area contributed by atoms with Crippen LogP contribution in [0.5, 0.6) is 0 Å². The number of anilines is 2. The van der Waals surface area contributed by atoms with Gasteiger partial charge in [0, 0.05) is 17.8 Å². The summed E-state index contributed by atoms with van der Waals surface area (Å²) in [6.07, 6.45) is 2.07. The maximum atomic E-state index is 15.1. The predicted octanol–water partition coefficient (Wildman–Crippen LogP) is 3.63. The van der Waals surface area contributed by atoms with Crippen molar-refractivity contribution in [3.05, 3.63) is 71.9 Å². The number of alkyl halides is 2. The molecule has 1 atom stereocenters. The number of aromatic nitrogens is 3. The Balaban J connectivity index is 1.84. The number of aromatic amines is 1. The number of fused-ring (bicyclic) bond motifs is 1. The van der Waals surface area contributed by atoms with E-state index in [1.54, 1.807) is 30.3 Å². The number of benzene rings is 1. The van der Waals surface area contributed by atoms with Crippen molar-refractivity contribution in [3.8, 4) is 0 Å². The third-order valence-corrected chi connectivity index (χ3v) is 3.93. The average Bonchev–Trinajstić information content (AvgIpc) is 3.15. The number of halogens is 3. The molecule has 1 unspecified atom stereocenters. The van der Waals surface area contributed by atoms with E-state index in [9.17, 15) is 4.39 Å². The maximum Gasteiger partial charge on any atom is 0.329 e. The molecule has 3 heterocycles. The summed E-state index contributed by atoms with van der Waals surface area (Å²) in [5.41, 5.74) is 0.713. The summed E-state index contributed by atoms with van der Waals surface area (Å²) in [6.45, 7) is 0. The molecule has 0 radical (unpaired) electrons. The van der Waals surface area contributed by atoms with Crippen molar-refractivity contribution < 1.29 is 13.2 Å². The molecule has 5 nitrogen and oxygen atoms in total. The number of para-hydroxylation sites is 1. The molecule has 0 aliphatic carbocycles. The largest absolute Gasteiger partial charge is 0.329 e. The van der Waals surface area contributed by atoms with E-state index >= 15 is 8.78 Å². The minimum atomic E-state index is -3.46. The summed E-state index contributed by atoms with van der Waals surface area (Å²) in [6, 6.07) is 10.6. The van der Waals surface area contributed by atoms with Gasteiger partial charge in [-0.25, -0.2) is 4.39 Å². The molecule has 126 valence electrons. The van der Waals surface area contributed by atoms with Gasteiger partial charge in [0.1, 0.15) is 17.3 Å². The zero-order valence-electron chi connectivity index (χ0n) is 12.8. The topological polar surface area (TPSA) is 57.2 Å². The number of hydrogen-bond donors (Lipinski definition) is 1. The molecule has 1 N–H and O–H groups in total. The van der Waals surface area contributed by atoms with Gasteiger partial charge in [-0.15, -0.1) is 0 Å². The fourth-order valence-electron chi connectivity index (χ4n) is 2.77. The lowest BCUT2D eigenvalue weighted by atomic mass is 10.1. The van der Waals surface area contributed by atoms with Crippen LogP contribution >= 0.6 is 0 Å². The lowest BCUT2D eigenvalue weighted by Gasteiger charge is -2.37. The zero-order valence-corrected chi connectivity index (χ0v) is 12.8. The molecule has 0 spiro atoms. The first-order chi connectivity index (χ1) is 12.1. The number of nitrogens with zero attached hydrogens (tertiary/aromatic N) is 4. The van der Waals surface area contributed by atoms with E-state index in [2.05, 4.69) is 20.2 Å². The minimum Gasteiger partial charge on any atom is -0.297 e. The fraction of sp³-hybridized carbons (Fsp3) is 0.118. The van der Waals surface area contributed by atoms with Crippen LogP contribution < -0.4 is 4.90 Å². The summed E-state index contributed by atoms with van der Waals surface area (Å²) in [4.78, 5) is 8.96. The summed E-state index contributed by atoms with van der Waals surface area (Å²) in [5.74, 6) is -3.76. The van der Waals surface area contributed by atoms with Crippen molar-refractivity contribution in [2.24, 2.45) is 4.99 Å². The van der Waals surface area contributed by atoms with Crippen LogP contribution in [0.15, 0.2) is 59.9 Å². The highest BCUT2D eigenvalue weighted by Crippen LogP contribution is 2.42. The van der Waals surface area contributed by atoms with E-state index in [1.807, 2.05) is 0 Å². The van der Waals surface area contributed by atoms with Crippen LogP contribution in [0.3, 0.4) is 0 Å². The molecular formula is C17H12F3N5. The highest BCUT2D eigenvalue weighted by atomic mass is 19.3. The van der Waals surface area contributed by atoms with E-state index < -0.39 is 23.6 Å². The molecule has 0 fully saturated rings. The highest BCUT2D eigenvalue weighted by Gasteiger charge is 2.48. The second kappa shape index (κ2) is 5.73. The standard InChI is InChI=1S/C17H12F3N5/c18-12-5-6-14(21-10-12)17(19,20)16-22-9-11-3-1-2-4-13(11)25(16)15-7-8-23-24-15/h1-10,16H,(H,23,24). The summed E-state index contributed by atoms with van der Waals surface area (Å²) < 4.78 is 43.3. The number of rotatable bonds is 3. The number of hydrogen-bond acceptors (Lipinski definition) is 4. The van der Waals surface area contributed by atoms with Gasteiger partial charge in [0.2, 0.25) is 0 Å². The molecule has 2 aromatic heterocycles. The smallest absolute Gasteiger partial charge is 0.297 e. The molecule has 1 aliphatic heterocycles. The van der Waals surface area contributed by atoms with E-state index in [0.717, 1.165) is 18.3 Å². The van der Waals surface area contributed by atoms with Gasteiger partial charge in [-0.05, 0) is 18.2 Å². The summed E-state index contributed by atoms with van der Waals surface area (Å²) in [5, 5.41) is 6.54. The van der Waals surface area contributed by atoms with Crippen LogP contribution in [-0.2, 0) is 5.92 Å². The van der Waals surface area contributed by atoms with E-state index in [0.29, 0.717) is 17.1 Å². The van der Waals surface area contributed by atoms with Gasteiger partial charge < -0.3 is 0 Å². The molecule has 0 saturated carbocycles. The molecule has 1 aliphatic rings. The second-order valence-electron chi connectivity index (χ2n) is 5.51. The van der Waals surface area contributed by atoms with Gasteiger partial charge in [-0.3, -0.25) is 20.0 Å². The first kappa shape index (κ1) is 15.4. The third-order valence-electron chi connectivity index (χ3n) is 3.93. The number of pyridine rings is 1. The van der Waals surface area contributed by atoms with Gasteiger partial charge in [-0.1, -0.05) is 18.2 Å². The van der Waals surface area contributed by atoms with E-state index in [4.69, 9.17) is 0 Å². The van der Waals surface area contributed by atoms with Crippen LogP contribution in [0, 0.1) is 5.82 Å². The van der Waals surface area contributed by atoms with Gasteiger partial charge in [-0.2, -0.15) is 13.9 Å². The summed E-state index contributed by atoms with van der Waals surface area (Å²) in [7, 11) is 0. The van der Waals surface area contributed by atoms with Crippen molar-refractivity contribution in [1.29, 1.82) is 0 Å². The summed E-state index contributed by atoms with van der Waals surface area (Å²) >= 11 is 0. The van der Waals surface area contributed by atoms with Crippen molar-refractivity contribution in [1.82, 2.24) is 15.2 Å². The predicted molar refractivity (Wildman–Crippen MR) is 86.6 cm³/mol. The lowest BCUT2D eigenvalue weighted by Crippen LogP contribution is -2.45. The molecule has 0 bridgehead atoms. The van der Waals surface area contributed by atoms with Crippen molar-refractivity contribution in [2.45, 2.75) is 12.1 Å². The van der Waals surface area contributed by atoms with Crippen LogP contribution in [0.1, 0.15) is 11.3 Å². The number of H-pyrrole nitrogens is 1. The molecule has 0 saturated heterocycles. The SMILES string of the molecule is Fc1ccc(C(F)(F)C2N=Cc3ccccc3N2c2ccn[nH]2)nc1. The van der Waals surface area contributed by atoms with Crippen LogP contribution in [0.25, 0.3) is 0 Å². The Morgan fingerprint density at radius 1 is 1.08 bits per heavy atom. The van der Waals surface area contributed by atoms with Gasteiger partial charge in [0.15, 0.2) is 6.17 Å². The zero-order chi connectivity index (χ0) is 17.4. The molecule has 25 heavy (non-hydrogen) atoms. The van der Waals surface area contributed by atoms with Gasteiger partial charge in [0.05, 0.1) is 18.1 Å². The molecule has 8 heteroatoms. The van der Waals surface area contributed by atoms with Crippen LogP contribution in [0.2, 0.25) is 0 Å². The maximum absolute atomic E-state index is 15.1. The Morgan fingerprint density at radius 2 is 1.92 bits per heavy atom. The Bertz CT molecular complexity index is 906. The molecule has 0 amide bonds. The average molecular weight is 343 g/mol. The minimum absolute atomic E-state index is 0.371. The Hall–Kier alpha value is -3.16. The Labute approximate surface area is 140 Å². The number of aliphatic imine (C=N–C) groups is 1. The van der Waals surface area contributed by atoms with E-state index in [1.165, 1.54) is 17.3 Å². The quantitative estimate of drug-likeness (QED) is 0.790. The van der Waals surface area contributed by atoms with Crippen LogP contribution in [-0.4, -0.2) is 27.6 Å². The fourth-order valence-corrected chi connectivity index (χ4v) is 2.77. The molecule has 3 aromatic rings. The second-order valence-corrected chi connectivity index (χ2v) is 5.51. The van der Waals surface area contributed by atoms with Crippen molar-refractivity contribution >= 4 is 17.7 Å². The monoisotopic (exact) mass is 343 g/mol. The van der Waals surface area contributed by atoms with Gasteiger partial charge >= 0.3 is 5.92 Å².